The monoisotopic (exact) mass is 265 g/mol. The van der Waals surface area contributed by atoms with Crippen LogP contribution in [0.1, 0.15) is 13.3 Å². The van der Waals surface area contributed by atoms with Crippen LogP contribution in [0.5, 0.6) is 0 Å². The molecule has 0 aliphatic heterocycles. The minimum Gasteiger partial charge on any atom is -0.481 e. The van der Waals surface area contributed by atoms with Gasteiger partial charge < -0.3 is 20.7 Å². The van der Waals surface area contributed by atoms with Crippen LogP contribution >= 0.6 is 11.8 Å². The van der Waals surface area contributed by atoms with Crippen LogP contribution in [0.3, 0.4) is 0 Å². The number of carboxylic acids is 2. The van der Waals surface area contributed by atoms with E-state index in [1.165, 1.54) is 0 Å². The van der Waals surface area contributed by atoms with Gasteiger partial charge in [0.1, 0.15) is 11.3 Å². The number of rotatable bonds is 8. The first-order valence-corrected chi connectivity index (χ1v) is 5.91. The van der Waals surface area contributed by atoms with Gasteiger partial charge in [0.05, 0.1) is 13.0 Å². The third-order valence-electron chi connectivity index (χ3n) is 1.70. The second kappa shape index (κ2) is 7.91. The van der Waals surface area contributed by atoms with E-state index in [1.807, 2.05) is 0 Å². The van der Waals surface area contributed by atoms with Gasteiger partial charge in [-0.1, -0.05) is 0 Å². The lowest BCUT2D eigenvalue weighted by molar-refractivity contribution is -0.146. The van der Waals surface area contributed by atoms with Gasteiger partial charge >= 0.3 is 17.9 Å². The van der Waals surface area contributed by atoms with Gasteiger partial charge in [0.15, 0.2) is 0 Å². The Balaban J connectivity index is 4.33. The quantitative estimate of drug-likeness (QED) is 0.503. The molecule has 0 amide bonds. The lowest BCUT2D eigenvalue weighted by Crippen LogP contribution is -2.34. The molecule has 0 aromatic heterocycles. The third kappa shape index (κ3) is 6.80. The van der Waals surface area contributed by atoms with E-state index in [1.54, 1.807) is 6.92 Å². The minimum atomic E-state index is -1.20. The summed E-state index contributed by atoms with van der Waals surface area (Å²) in [6.07, 6.45) is -0.421. The molecule has 0 bridgehead atoms. The fourth-order valence-electron chi connectivity index (χ4n) is 0.895. The fraction of sp³-hybridized carbons (Fsp3) is 0.667. The Morgan fingerprint density at radius 1 is 1.35 bits per heavy atom. The summed E-state index contributed by atoms with van der Waals surface area (Å²) >= 11 is 0.873. The average Bonchev–Trinajstić information content (AvgIpc) is 2.23. The molecule has 7 nitrogen and oxygen atoms in total. The summed E-state index contributed by atoms with van der Waals surface area (Å²) in [6.45, 7) is 1.74. The average molecular weight is 265 g/mol. The molecule has 0 heterocycles. The molecule has 0 saturated carbocycles. The van der Waals surface area contributed by atoms with Crippen LogP contribution in [0.2, 0.25) is 0 Å². The summed E-state index contributed by atoms with van der Waals surface area (Å²) in [5, 5.41) is 16.2. The van der Waals surface area contributed by atoms with Crippen molar-refractivity contribution in [3.63, 3.8) is 0 Å². The Hall–Kier alpha value is -1.28. The molecule has 1 unspecified atom stereocenters. The van der Waals surface area contributed by atoms with Gasteiger partial charge in [-0.2, -0.15) is 0 Å². The molecule has 8 heteroatoms. The molecule has 0 aromatic rings. The van der Waals surface area contributed by atoms with Crippen LogP contribution in [0, 0.1) is 0 Å². The van der Waals surface area contributed by atoms with Gasteiger partial charge in [-0.15, -0.1) is 11.8 Å². The highest BCUT2D eigenvalue weighted by Gasteiger charge is 2.25. The molecule has 0 aliphatic rings. The Labute approximate surface area is 102 Å². The Morgan fingerprint density at radius 2 is 1.94 bits per heavy atom. The summed E-state index contributed by atoms with van der Waals surface area (Å²) in [7, 11) is 0. The van der Waals surface area contributed by atoms with E-state index in [0.29, 0.717) is 0 Å². The summed E-state index contributed by atoms with van der Waals surface area (Å²) in [5.74, 6) is -3.07. The highest BCUT2D eigenvalue weighted by atomic mass is 32.2. The van der Waals surface area contributed by atoms with Gasteiger partial charge in [-0.05, 0) is 6.92 Å². The van der Waals surface area contributed by atoms with Crippen molar-refractivity contribution in [1.29, 1.82) is 0 Å². The van der Waals surface area contributed by atoms with E-state index < -0.39 is 35.6 Å². The predicted molar refractivity (Wildman–Crippen MR) is 60.7 cm³/mol. The number of carboxylic acid groups (broad SMARTS) is 2. The van der Waals surface area contributed by atoms with E-state index in [2.05, 4.69) is 4.74 Å². The van der Waals surface area contributed by atoms with Crippen LogP contribution < -0.4 is 5.73 Å². The Bertz CT molecular complexity index is 295. The molecular weight excluding hydrogens is 250 g/mol. The molecular formula is C9H15NO6S. The second-order valence-electron chi connectivity index (χ2n) is 3.12. The van der Waals surface area contributed by atoms with E-state index in [-0.39, 0.29) is 12.4 Å². The van der Waals surface area contributed by atoms with Gasteiger partial charge in [0, 0.05) is 5.75 Å². The van der Waals surface area contributed by atoms with Gasteiger partial charge in [0.2, 0.25) is 0 Å². The Morgan fingerprint density at radius 3 is 2.35 bits per heavy atom. The van der Waals surface area contributed by atoms with Crippen LogP contribution in [-0.2, 0) is 19.1 Å². The van der Waals surface area contributed by atoms with Crippen molar-refractivity contribution in [2.24, 2.45) is 5.73 Å². The van der Waals surface area contributed by atoms with Crippen molar-refractivity contribution in [3.8, 4) is 0 Å². The van der Waals surface area contributed by atoms with Gasteiger partial charge in [0.25, 0.3) is 0 Å². The minimum absolute atomic E-state index is 0.0495. The van der Waals surface area contributed by atoms with Crippen molar-refractivity contribution in [1.82, 2.24) is 0 Å². The highest BCUT2D eigenvalue weighted by molar-refractivity contribution is 8.00. The van der Waals surface area contributed by atoms with E-state index in [4.69, 9.17) is 15.9 Å². The zero-order valence-corrected chi connectivity index (χ0v) is 10.1. The van der Waals surface area contributed by atoms with Gasteiger partial charge in [-0.25, -0.2) is 0 Å². The number of carbonyl (C=O) groups is 3. The molecule has 2 atom stereocenters. The Kier molecular flexibility index (Phi) is 7.31. The van der Waals surface area contributed by atoms with Crippen molar-refractivity contribution < 1.29 is 29.3 Å². The van der Waals surface area contributed by atoms with E-state index >= 15 is 0 Å². The maximum absolute atomic E-state index is 11.4. The zero-order valence-electron chi connectivity index (χ0n) is 9.29. The van der Waals surface area contributed by atoms with Crippen LogP contribution in [0.25, 0.3) is 0 Å². The van der Waals surface area contributed by atoms with Crippen LogP contribution in [0.4, 0.5) is 0 Å². The molecule has 98 valence electrons. The lowest BCUT2D eigenvalue weighted by atomic mass is 10.3. The molecule has 0 spiro atoms. The van der Waals surface area contributed by atoms with Crippen LogP contribution in [0.15, 0.2) is 0 Å². The highest BCUT2D eigenvalue weighted by Crippen LogP contribution is 2.17. The molecule has 0 fully saturated rings. The van der Waals surface area contributed by atoms with Crippen molar-refractivity contribution in [2.75, 3.05) is 12.4 Å². The summed E-state index contributed by atoms with van der Waals surface area (Å²) in [5.41, 5.74) is 5.25. The van der Waals surface area contributed by atoms with Crippen molar-refractivity contribution in [3.05, 3.63) is 0 Å². The molecule has 17 heavy (non-hydrogen) atoms. The largest absolute Gasteiger partial charge is 0.481 e. The lowest BCUT2D eigenvalue weighted by Gasteiger charge is -2.14. The van der Waals surface area contributed by atoms with Crippen molar-refractivity contribution in [2.45, 2.75) is 24.6 Å². The normalized spacial score (nSPS) is 13.8. The number of aliphatic carboxylic acids is 2. The number of hydrogen-bond acceptors (Lipinski definition) is 6. The van der Waals surface area contributed by atoms with Crippen molar-refractivity contribution >= 4 is 29.7 Å². The maximum Gasteiger partial charge on any atom is 0.321 e. The number of ether oxygens (including phenoxy) is 1. The third-order valence-corrected chi connectivity index (χ3v) is 3.02. The second-order valence-corrected chi connectivity index (χ2v) is 4.35. The number of thioether (sulfide) groups is 1. The molecule has 0 aliphatic carbocycles. The summed E-state index contributed by atoms with van der Waals surface area (Å²) < 4.78 is 4.69. The first-order chi connectivity index (χ1) is 7.88. The first-order valence-electron chi connectivity index (χ1n) is 4.86. The number of hydrogen-bond donors (Lipinski definition) is 3. The summed E-state index contributed by atoms with van der Waals surface area (Å²) in [6, 6.07) is -1.13. The molecule has 0 saturated heterocycles. The fourth-order valence-corrected chi connectivity index (χ4v) is 1.94. The number of nitrogens with two attached hydrogens (primary N) is 1. The molecule has 0 radical (unpaired) electrons. The standard InChI is InChI=1S/C9H15NO6S/c1-2-16-9(15)6(3-7(11)12)17-4-5(10)8(13)14/h5-6H,2-4,10H2,1H3,(H,11,12)(H,13,14)/t5-,6?/m0/s1. The topological polar surface area (TPSA) is 127 Å². The first kappa shape index (κ1) is 15.7. The zero-order chi connectivity index (χ0) is 13.4. The molecule has 0 rings (SSSR count). The van der Waals surface area contributed by atoms with E-state index in [0.717, 1.165) is 11.8 Å². The van der Waals surface area contributed by atoms with Crippen LogP contribution in [-0.4, -0.2) is 51.8 Å². The molecule has 4 N–H and O–H groups in total. The maximum atomic E-state index is 11.4. The SMILES string of the molecule is CCOC(=O)C(CC(=O)O)SC[C@H](N)C(=O)O. The molecule has 0 aromatic carbocycles. The number of carbonyl (C=O) groups excluding carboxylic acids is 1. The number of esters is 1. The predicted octanol–water partition coefficient (Wildman–Crippen LogP) is -0.462. The smallest absolute Gasteiger partial charge is 0.321 e. The van der Waals surface area contributed by atoms with Gasteiger partial charge in [-0.3, -0.25) is 14.4 Å². The summed E-state index contributed by atoms with van der Waals surface area (Å²) in [4.78, 5) is 32.4. The van der Waals surface area contributed by atoms with E-state index in [9.17, 15) is 14.4 Å².